The van der Waals surface area contributed by atoms with E-state index in [4.69, 9.17) is 0 Å². The molecule has 0 aliphatic heterocycles. The Hall–Kier alpha value is -0.0431. The van der Waals surface area contributed by atoms with E-state index in [9.17, 15) is 0 Å². The van der Waals surface area contributed by atoms with Gasteiger partial charge in [-0.05, 0) is 37.0 Å². The van der Waals surface area contributed by atoms with Crippen LogP contribution < -0.4 is 0 Å². The van der Waals surface area contributed by atoms with E-state index in [0.29, 0.717) is 0 Å². The summed E-state index contributed by atoms with van der Waals surface area (Å²) in [6.07, 6.45) is 20.5. The van der Waals surface area contributed by atoms with Crippen LogP contribution in [0.5, 0.6) is 0 Å². The Morgan fingerprint density at radius 2 is 1.36 bits per heavy atom. The molecule has 0 N–H and O–H groups in total. The van der Waals surface area contributed by atoms with Gasteiger partial charge < -0.3 is 0 Å². The molecule has 0 radical (unpaired) electrons. The van der Waals surface area contributed by atoms with E-state index in [1.807, 2.05) is 0 Å². The van der Waals surface area contributed by atoms with Gasteiger partial charge in [-0.3, -0.25) is 0 Å². The summed E-state index contributed by atoms with van der Waals surface area (Å²) in [6, 6.07) is 1.48. The van der Waals surface area contributed by atoms with Gasteiger partial charge in [-0.25, -0.2) is 0 Å². The van der Waals surface area contributed by atoms with Crippen molar-refractivity contribution in [1.82, 2.24) is 0 Å². The topological polar surface area (TPSA) is 0 Å². The molecular formula is C24H50Si. The highest BCUT2D eigenvalue weighted by Crippen LogP contribution is 2.29. The first-order valence-corrected chi connectivity index (χ1v) is 15.1. The molecule has 0 aromatic rings. The summed E-state index contributed by atoms with van der Waals surface area (Å²) < 4.78 is 0. The van der Waals surface area contributed by atoms with Crippen molar-refractivity contribution in [3.8, 4) is 0 Å². The van der Waals surface area contributed by atoms with Crippen LogP contribution in [0.4, 0.5) is 0 Å². The number of rotatable bonds is 16. The molecule has 0 bridgehead atoms. The molecule has 0 rings (SSSR count). The normalized spacial score (nSPS) is 15.2. The molecule has 0 saturated heterocycles. The van der Waals surface area contributed by atoms with Gasteiger partial charge in [-0.2, -0.15) is 0 Å². The fourth-order valence-corrected chi connectivity index (χ4v) is 6.17. The summed E-state index contributed by atoms with van der Waals surface area (Å²) in [5.41, 5.74) is 0. The summed E-state index contributed by atoms with van der Waals surface area (Å²) in [7, 11) is -0.953. The third-order valence-corrected chi connectivity index (χ3v) is 7.21. The van der Waals surface area contributed by atoms with Crippen molar-refractivity contribution in [3.63, 3.8) is 0 Å². The Balaban J connectivity index is 4.20. The smallest absolute Gasteiger partial charge is 0.0445 e. The molecule has 1 heteroatoms. The summed E-state index contributed by atoms with van der Waals surface area (Å²) >= 11 is 0. The minimum Gasteiger partial charge on any atom is -0.0883 e. The van der Waals surface area contributed by atoms with Crippen molar-refractivity contribution in [2.45, 2.75) is 124 Å². The fraction of sp³-hybridized carbons (Fsp3) is 0.917. The predicted molar refractivity (Wildman–Crippen MR) is 121 cm³/mol. The van der Waals surface area contributed by atoms with Gasteiger partial charge in [0.1, 0.15) is 0 Å². The van der Waals surface area contributed by atoms with Gasteiger partial charge >= 0.3 is 0 Å². The van der Waals surface area contributed by atoms with Gasteiger partial charge in [0.25, 0.3) is 0 Å². The van der Waals surface area contributed by atoms with Crippen LogP contribution in [0.1, 0.15) is 98.3 Å². The molecule has 0 amide bonds. The monoisotopic (exact) mass is 366 g/mol. The molecule has 0 saturated carbocycles. The lowest BCUT2D eigenvalue weighted by molar-refractivity contribution is 0.407. The van der Waals surface area contributed by atoms with Crippen LogP contribution in [0.2, 0.25) is 25.7 Å². The lowest BCUT2D eigenvalue weighted by Crippen LogP contribution is -2.26. The zero-order valence-corrected chi connectivity index (χ0v) is 19.9. The summed E-state index contributed by atoms with van der Waals surface area (Å²) in [6.45, 7) is 17.1. The maximum absolute atomic E-state index is 2.60. The highest BCUT2D eigenvalue weighted by Gasteiger charge is 2.22. The zero-order chi connectivity index (χ0) is 19.1. The minimum absolute atomic E-state index is 0.823. The van der Waals surface area contributed by atoms with Gasteiger partial charge in [0.15, 0.2) is 0 Å². The van der Waals surface area contributed by atoms with Crippen molar-refractivity contribution >= 4 is 8.07 Å². The zero-order valence-electron chi connectivity index (χ0n) is 18.9. The average molecular weight is 367 g/mol. The Kier molecular flexibility index (Phi) is 15.0. The average Bonchev–Trinajstić information content (AvgIpc) is 2.49. The second-order valence-corrected chi connectivity index (χ2v) is 15.6. The molecule has 0 heterocycles. The molecule has 150 valence electrons. The van der Waals surface area contributed by atoms with E-state index in [0.717, 1.165) is 17.8 Å². The lowest BCUT2D eigenvalue weighted by atomic mass is 9.89. The Morgan fingerprint density at radius 1 is 0.760 bits per heavy atom. The van der Waals surface area contributed by atoms with E-state index in [-0.39, 0.29) is 0 Å². The van der Waals surface area contributed by atoms with Crippen LogP contribution in [0.15, 0.2) is 12.2 Å². The molecule has 25 heavy (non-hydrogen) atoms. The third kappa shape index (κ3) is 17.1. The van der Waals surface area contributed by atoms with Crippen molar-refractivity contribution in [2.24, 2.45) is 17.8 Å². The molecule has 2 unspecified atom stereocenters. The SMILES string of the molecule is CCCCC/C=C/C(CCCCCCCC(C)C)C(C)C[Si](C)(C)C. The quantitative estimate of drug-likeness (QED) is 0.145. The van der Waals surface area contributed by atoms with Crippen LogP contribution >= 0.6 is 0 Å². The first-order valence-electron chi connectivity index (χ1n) is 11.4. The summed E-state index contributed by atoms with van der Waals surface area (Å²) in [5.74, 6) is 2.57. The van der Waals surface area contributed by atoms with Gasteiger partial charge in [0, 0.05) is 8.07 Å². The molecule has 0 aromatic carbocycles. The van der Waals surface area contributed by atoms with Gasteiger partial charge in [0.2, 0.25) is 0 Å². The van der Waals surface area contributed by atoms with Crippen molar-refractivity contribution in [1.29, 1.82) is 0 Å². The molecule has 2 atom stereocenters. The van der Waals surface area contributed by atoms with Crippen LogP contribution in [-0.4, -0.2) is 8.07 Å². The largest absolute Gasteiger partial charge is 0.0883 e. The molecule has 0 spiro atoms. The van der Waals surface area contributed by atoms with Crippen LogP contribution in [0.25, 0.3) is 0 Å². The lowest BCUT2D eigenvalue weighted by Gasteiger charge is -2.27. The highest BCUT2D eigenvalue weighted by atomic mass is 28.3. The third-order valence-electron chi connectivity index (χ3n) is 5.34. The van der Waals surface area contributed by atoms with E-state index >= 15 is 0 Å². The van der Waals surface area contributed by atoms with E-state index in [2.05, 4.69) is 59.5 Å². The van der Waals surface area contributed by atoms with Crippen LogP contribution in [0, 0.1) is 17.8 Å². The van der Waals surface area contributed by atoms with Crippen molar-refractivity contribution in [2.75, 3.05) is 0 Å². The second kappa shape index (κ2) is 15.1. The highest BCUT2D eigenvalue weighted by molar-refractivity contribution is 6.76. The molecule has 0 nitrogen and oxygen atoms in total. The maximum atomic E-state index is 2.60. The van der Waals surface area contributed by atoms with Crippen LogP contribution in [-0.2, 0) is 0 Å². The number of hydrogen-bond acceptors (Lipinski definition) is 0. The number of hydrogen-bond donors (Lipinski definition) is 0. The van der Waals surface area contributed by atoms with Crippen LogP contribution in [0.3, 0.4) is 0 Å². The summed E-state index contributed by atoms with van der Waals surface area (Å²) in [4.78, 5) is 0. The van der Waals surface area contributed by atoms with E-state index in [1.54, 1.807) is 0 Å². The number of allylic oxidation sites excluding steroid dienone is 2. The molecular weight excluding hydrogens is 316 g/mol. The van der Waals surface area contributed by atoms with E-state index < -0.39 is 8.07 Å². The standard InChI is InChI=1S/C24H50Si/c1-8-9-10-12-16-19-24(23(4)21-25(5,6)7)20-17-14-11-13-15-18-22(2)3/h16,19,22-24H,8-15,17-18,20-21H2,1-7H3/b19-16+. The molecule has 0 aliphatic carbocycles. The van der Waals surface area contributed by atoms with Gasteiger partial charge in [0.05, 0.1) is 0 Å². The molecule has 0 fully saturated rings. The Labute approximate surface area is 162 Å². The van der Waals surface area contributed by atoms with Crippen molar-refractivity contribution in [3.05, 3.63) is 12.2 Å². The van der Waals surface area contributed by atoms with Gasteiger partial charge in [-0.1, -0.05) is 117 Å². The van der Waals surface area contributed by atoms with E-state index in [1.165, 1.54) is 76.7 Å². The maximum Gasteiger partial charge on any atom is 0.0445 e. The Morgan fingerprint density at radius 3 is 1.92 bits per heavy atom. The second-order valence-electron chi connectivity index (χ2n) is 10.1. The van der Waals surface area contributed by atoms with Crippen molar-refractivity contribution < 1.29 is 0 Å². The molecule has 0 aromatic heterocycles. The molecule has 0 aliphatic rings. The van der Waals surface area contributed by atoms with Gasteiger partial charge in [-0.15, -0.1) is 0 Å². The predicted octanol–water partition coefficient (Wildman–Crippen LogP) is 9.10. The first-order chi connectivity index (χ1) is 11.8. The number of unbranched alkanes of at least 4 members (excludes halogenated alkanes) is 7. The summed E-state index contributed by atoms with van der Waals surface area (Å²) in [5, 5.41) is 0. The fourth-order valence-electron chi connectivity index (χ4n) is 3.93. The first kappa shape index (κ1) is 25.0. The minimum atomic E-state index is -0.953. The Bertz CT molecular complexity index is 311.